The van der Waals surface area contributed by atoms with Crippen LogP contribution in [0.5, 0.6) is 0 Å². The topological polar surface area (TPSA) is 50.5 Å². The van der Waals surface area contributed by atoms with Crippen LogP contribution in [0.25, 0.3) is 5.65 Å². The number of rotatable bonds is 3. The van der Waals surface area contributed by atoms with Gasteiger partial charge in [0.25, 0.3) is 0 Å². The number of hydrogen-bond acceptors (Lipinski definition) is 4. The smallest absolute Gasteiger partial charge is 0.227 e. The molecule has 0 aliphatic carbocycles. The quantitative estimate of drug-likeness (QED) is 0.686. The first-order valence-corrected chi connectivity index (χ1v) is 10.4. The van der Waals surface area contributed by atoms with Gasteiger partial charge in [-0.25, -0.2) is 9.50 Å². The molecule has 2 aromatic heterocycles. The van der Waals surface area contributed by atoms with Crippen molar-refractivity contribution >= 4 is 29.0 Å². The summed E-state index contributed by atoms with van der Waals surface area (Å²) in [7, 11) is 0. The number of hydrogen-bond donors (Lipinski definition) is 0. The molecule has 0 fully saturated rings. The van der Waals surface area contributed by atoms with Crippen molar-refractivity contribution in [3.05, 3.63) is 53.0 Å². The first-order valence-electron chi connectivity index (χ1n) is 9.39. The lowest BCUT2D eigenvalue weighted by Gasteiger charge is -2.23. The molecule has 0 N–H and O–H groups in total. The lowest BCUT2D eigenvalue weighted by Crippen LogP contribution is -2.32. The number of aromatic nitrogens is 3. The van der Waals surface area contributed by atoms with Gasteiger partial charge in [0.2, 0.25) is 5.91 Å². The normalized spacial score (nSPS) is 14.3. The minimum Gasteiger partial charge on any atom is -0.311 e. The summed E-state index contributed by atoms with van der Waals surface area (Å²) in [6.45, 7) is 6.84. The van der Waals surface area contributed by atoms with Crippen LogP contribution < -0.4 is 4.90 Å². The molecular formula is C21H24N4OS. The van der Waals surface area contributed by atoms with Crippen LogP contribution in [-0.4, -0.2) is 32.8 Å². The second kappa shape index (κ2) is 7.35. The van der Waals surface area contributed by atoms with E-state index in [1.807, 2.05) is 53.2 Å². The molecule has 1 amide bonds. The fourth-order valence-electron chi connectivity index (χ4n) is 3.76. The molecule has 1 aliphatic rings. The summed E-state index contributed by atoms with van der Waals surface area (Å²) in [4.78, 5) is 20.9. The van der Waals surface area contributed by atoms with Gasteiger partial charge in [-0.15, -0.1) is 11.8 Å². The highest BCUT2D eigenvalue weighted by Gasteiger charge is 2.22. The molecule has 0 saturated carbocycles. The summed E-state index contributed by atoms with van der Waals surface area (Å²) in [6.07, 6.45) is 2.18. The van der Waals surface area contributed by atoms with Crippen molar-refractivity contribution in [3.8, 4) is 0 Å². The molecular weight excluding hydrogens is 356 g/mol. The van der Waals surface area contributed by atoms with E-state index in [4.69, 9.17) is 0 Å². The summed E-state index contributed by atoms with van der Waals surface area (Å²) < 4.78 is 1.89. The number of thioether (sulfide) groups is 1. The van der Waals surface area contributed by atoms with Crippen LogP contribution >= 0.6 is 11.8 Å². The Bertz CT molecular complexity index is 1010. The van der Waals surface area contributed by atoms with Crippen LogP contribution in [0, 0.1) is 20.8 Å². The van der Waals surface area contributed by atoms with E-state index in [-0.39, 0.29) is 5.91 Å². The summed E-state index contributed by atoms with van der Waals surface area (Å²) in [6, 6.07) is 10.2. The number of benzene rings is 1. The Labute approximate surface area is 163 Å². The maximum atomic E-state index is 13.1. The molecule has 0 spiro atoms. The predicted molar refractivity (Wildman–Crippen MR) is 110 cm³/mol. The van der Waals surface area contributed by atoms with E-state index in [9.17, 15) is 4.79 Å². The van der Waals surface area contributed by atoms with Gasteiger partial charge in [0.05, 0.1) is 11.4 Å². The van der Waals surface area contributed by atoms with E-state index in [1.165, 1.54) is 4.90 Å². The van der Waals surface area contributed by atoms with Crippen LogP contribution in [0.3, 0.4) is 0 Å². The van der Waals surface area contributed by atoms with E-state index in [2.05, 4.69) is 29.1 Å². The average Bonchev–Trinajstić information content (AvgIpc) is 2.89. The maximum absolute atomic E-state index is 13.1. The molecule has 140 valence electrons. The lowest BCUT2D eigenvalue weighted by atomic mass is 10.1. The minimum atomic E-state index is 0.181. The van der Waals surface area contributed by atoms with Crippen molar-refractivity contribution in [2.45, 2.75) is 44.9 Å². The Kier molecular flexibility index (Phi) is 4.91. The number of carbonyl (C=O) groups excluding carboxylic acids is 1. The number of para-hydroxylation sites is 1. The van der Waals surface area contributed by atoms with Crippen LogP contribution in [0.2, 0.25) is 0 Å². The molecule has 3 aromatic rings. The van der Waals surface area contributed by atoms with E-state index < -0.39 is 0 Å². The standard InChI is InChI=1S/C21H24N4OS/c1-14-13-20-22-15(2)17(16(3)25(20)23-14)9-10-21(26)24-11-6-12-27-19-8-5-4-7-18(19)24/h4-5,7-8,13H,6,9-12H2,1-3H3. The highest BCUT2D eigenvalue weighted by Crippen LogP contribution is 2.34. The van der Waals surface area contributed by atoms with Crippen molar-refractivity contribution in [3.63, 3.8) is 0 Å². The third-order valence-corrected chi connectivity index (χ3v) is 6.26. The molecule has 0 bridgehead atoms. The van der Waals surface area contributed by atoms with E-state index in [0.717, 1.165) is 52.7 Å². The molecule has 4 rings (SSSR count). The van der Waals surface area contributed by atoms with Gasteiger partial charge in [0.1, 0.15) is 0 Å². The van der Waals surface area contributed by atoms with E-state index in [0.29, 0.717) is 12.8 Å². The fraction of sp³-hybridized carbons (Fsp3) is 0.381. The number of anilines is 1. The number of aryl methyl sites for hydroxylation is 3. The number of fused-ring (bicyclic) bond motifs is 2. The first kappa shape index (κ1) is 18.0. The highest BCUT2D eigenvalue weighted by molar-refractivity contribution is 7.99. The van der Waals surface area contributed by atoms with E-state index in [1.54, 1.807) is 0 Å². The van der Waals surface area contributed by atoms with Crippen molar-refractivity contribution in [1.29, 1.82) is 0 Å². The van der Waals surface area contributed by atoms with Gasteiger partial charge in [0, 0.05) is 35.3 Å². The number of carbonyl (C=O) groups is 1. The summed E-state index contributed by atoms with van der Waals surface area (Å²) in [5, 5.41) is 4.53. The lowest BCUT2D eigenvalue weighted by molar-refractivity contribution is -0.118. The van der Waals surface area contributed by atoms with Gasteiger partial charge in [0.15, 0.2) is 5.65 Å². The van der Waals surface area contributed by atoms with Gasteiger partial charge >= 0.3 is 0 Å². The minimum absolute atomic E-state index is 0.181. The third-order valence-electron chi connectivity index (χ3n) is 5.12. The zero-order valence-corrected chi connectivity index (χ0v) is 16.8. The summed E-state index contributed by atoms with van der Waals surface area (Å²) >= 11 is 1.84. The molecule has 1 aliphatic heterocycles. The second-order valence-electron chi connectivity index (χ2n) is 7.03. The number of amides is 1. The van der Waals surface area contributed by atoms with Crippen molar-refractivity contribution in [2.24, 2.45) is 0 Å². The van der Waals surface area contributed by atoms with Crippen molar-refractivity contribution in [2.75, 3.05) is 17.2 Å². The molecule has 27 heavy (non-hydrogen) atoms. The molecule has 0 unspecified atom stereocenters. The monoisotopic (exact) mass is 380 g/mol. The van der Waals surface area contributed by atoms with Gasteiger partial charge < -0.3 is 4.90 Å². The van der Waals surface area contributed by atoms with Crippen LogP contribution in [-0.2, 0) is 11.2 Å². The molecule has 0 saturated heterocycles. The fourth-order valence-corrected chi connectivity index (χ4v) is 4.75. The first-order chi connectivity index (χ1) is 13.0. The predicted octanol–water partition coefficient (Wildman–Crippen LogP) is 4.12. The highest BCUT2D eigenvalue weighted by atomic mass is 32.2. The van der Waals surface area contributed by atoms with E-state index >= 15 is 0 Å². The van der Waals surface area contributed by atoms with Gasteiger partial charge in [-0.3, -0.25) is 4.79 Å². The largest absolute Gasteiger partial charge is 0.311 e. The van der Waals surface area contributed by atoms with Crippen LogP contribution in [0.15, 0.2) is 35.2 Å². The SMILES string of the molecule is Cc1cc2nc(C)c(CCC(=O)N3CCCSc4ccccc43)c(C)n2n1. The summed E-state index contributed by atoms with van der Waals surface area (Å²) in [5.41, 5.74) is 6.06. The van der Waals surface area contributed by atoms with Crippen LogP contribution in [0.4, 0.5) is 5.69 Å². The molecule has 3 heterocycles. The molecule has 0 atom stereocenters. The number of nitrogens with zero attached hydrogens (tertiary/aromatic N) is 4. The Balaban J connectivity index is 1.57. The van der Waals surface area contributed by atoms with Gasteiger partial charge in [-0.2, -0.15) is 5.10 Å². The van der Waals surface area contributed by atoms with Crippen molar-refractivity contribution in [1.82, 2.24) is 14.6 Å². The second-order valence-corrected chi connectivity index (χ2v) is 8.17. The zero-order chi connectivity index (χ0) is 19.0. The summed E-state index contributed by atoms with van der Waals surface area (Å²) in [5.74, 6) is 1.23. The average molecular weight is 381 g/mol. The molecule has 6 heteroatoms. The Morgan fingerprint density at radius 3 is 2.89 bits per heavy atom. The van der Waals surface area contributed by atoms with Crippen molar-refractivity contribution < 1.29 is 4.79 Å². The maximum Gasteiger partial charge on any atom is 0.227 e. The molecule has 1 aromatic carbocycles. The zero-order valence-electron chi connectivity index (χ0n) is 16.0. The Morgan fingerprint density at radius 2 is 2.04 bits per heavy atom. The van der Waals surface area contributed by atoms with Gasteiger partial charge in [-0.1, -0.05) is 12.1 Å². The Hall–Kier alpha value is -2.34. The van der Waals surface area contributed by atoms with Gasteiger partial charge in [-0.05, 0) is 57.1 Å². The third kappa shape index (κ3) is 3.46. The van der Waals surface area contributed by atoms with Crippen LogP contribution in [0.1, 0.15) is 35.5 Å². The molecule has 5 nitrogen and oxygen atoms in total. The molecule has 0 radical (unpaired) electrons. The Morgan fingerprint density at radius 1 is 1.22 bits per heavy atom.